The van der Waals surface area contributed by atoms with Crippen LogP contribution in [-0.4, -0.2) is 9.38 Å². The molecule has 0 spiro atoms. The summed E-state index contributed by atoms with van der Waals surface area (Å²) in [7, 11) is 0. The zero-order valence-electron chi connectivity index (χ0n) is 9.08. The van der Waals surface area contributed by atoms with Crippen molar-refractivity contribution < 1.29 is 0 Å². The van der Waals surface area contributed by atoms with Crippen LogP contribution < -0.4 is 5.56 Å². The highest BCUT2D eigenvalue weighted by Gasteiger charge is 2.05. The summed E-state index contributed by atoms with van der Waals surface area (Å²) in [5.41, 5.74) is 2.14. The summed E-state index contributed by atoms with van der Waals surface area (Å²) in [6.07, 6.45) is 3.37. The Balaban J connectivity index is 2.33. The highest BCUT2D eigenvalue weighted by atomic mass is 16.1. The fourth-order valence-corrected chi connectivity index (χ4v) is 1.84. The molecule has 0 aliphatic rings. The maximum Gasteiger partial charge on any atom is 0.265 e. The van der Waals surface area contributed by atoms with Gasteiger partial charge in [-0.15, -0.1) is 0 Å². The van der Waals surface area contributed by atoms with Crippen LogP contribution in [0.5, 0.6) is 0 Å². The number of nitrogens with zero attached hydrogens (tertiary/aromatic N) is 2. The molecule has 2 heterocycles. The SMILES string of the molecule is O=c1c(-c2ccccc2)cnc2ccccn12. The Morgan fingerprint density at radius 2 is 1.71 bits per heavy atom. The smallest absolute Gasteiger partial charge is 0.265 e. The minimum absolute atomic E-state index is 0.0400. The molecular formula is C14H10N2O. The van der Waals surface area contributed by atoms with Gasteiger partial charge in [0.05, 0.1) is 5.56 Å². The quantitative estimate of drug-likeness (QED) is 0.633. The van der Waals surface area contributed by atoms with E-state index in [-0.39, 0.29) is 5.56 Å². The van der Waals surface area contributed by atoms with Crippen molar-refractivity contribution in [2.75, 3.05) is 0 Å². The molecule has 0 fully saturated rings. The van der Waals surface area contributed by atoms with E-state index >= 15 is 0 Å². The molecule has 1 aromatic carbocycles. The summed E-state index contributed by atoms with van der Waals surface area (Å²) in [5.74, 6) is 0. The summed E-state index contributed by atoms with van der Waals surface area (Å²) in [6, 6.07) is 15.1. The van der Waals surface area contributed by atoms with Gasteiger partial charge >= 0.3 is 0 Å². The van der Waals surface area contributed by atoms with Crippen molar-refractivity contribution in [2.24, 2.45) is 0 Å². The van der Waals surface area contributed by atoms with Crippen LogP contribution in [0.2, 0.25) is 0 Å². The third kappa shape index (κ3) is 1.61. The molecule has 0 unspecified atom stereocenters. The van der Waals surface area contributed by atoms with E-state index in [2.05, 4.69) is 4.98 Å². The molecular weight excluding hydrogens is 212 g/mol. The summed E-state index contributed by atoms with van der Waals surface area (Å²) in [5, 5.41) is 0. The van der Waals surface area contributed by atoms with Gasteiger partial charge in [-0.1, -0.05) is 36.4 Å². The monoisotopic (exact) mass is 222 g/mol. The van der Waals surface area contributed by atoms with Gasteiger partial charge in [-0.25, -0.2) is 4.98 Å². The van der Waals surface area contributed by atoms with E-state index in [9.17, 15) is 4.79 Å². The molecule has 3 rings (SSSR count). The summed E-state index contributed by atoms with van der Waals surface area (Å²) >= 11 is 0. The summed E-state index contributed by atoms with van der Waals surface area (Å²) < 4.78 is 1.56. The first-order valence-corrected chi connectivity index (χ1v) is 5.38. The van der Waals surface area contributed by atoms with E-state index < -0.39 is 0 Å². The van der Waals surface area contributed by atoms with Crippen molar-refractivity contribution in [3.05, 3.63) is 71.3 Å². The predicted octanol–water partition coefficient (Wildman–Crippen LogP) is 2.36. The average molecular weight is 222 g/mol. The maximum absolute atomic E-state index is 12.3. The van der Waals surface area contributed by atoms with Gasteiger partial charge in [0.25, 0.3) is 5.56 Å². The molecule has 3 aromatic rings. The van der Waals surface area contributed by atoms with Gasteiger partial charge < -0.3 is 0 Å². The van der Waals surface area contributed by atoms with Crippen molar-refractivity contribution in [3.63, 3.8) is 0 Å². The van der Waals surface area contributed by atoms with Crippen molar-refractivity contribution in [2.45, 2.75) is 0 Å². The van der Waals surface area contributed by atoms with E-state index in [1.54, 1.807) is 16.8 Å². The first-order valence-electron chi connectivity index (χ1n) is 5.38. The lowest BCUT2D eigenvalue weighted by atomic mass is 10.1. The number of hydrogen-bond donors (Lipinski definition) is 0. The van der Waals surface area contributed by atoms with Crippen LogP contribution >= 0.6 is 0 Å². The van der Waals surface area contributed by atoms with Crippen molar-refractivity contribution in [1.82, 2.24) is 9.38 Å². The van der Waals surface area contributed by atoms with Gasteiger partial charge in [0, 0.05) is 12.4 Å². The molecule has 82 valence electrons. The number of hydrogen-bond acceptors (Lipinski definition) is 2. The Morgan fingerprint density at radius 3 is 2.53 bits per heavy atom. The fourth-order valence-electron chi connectivity index (χ4n) is 1.84. The topological polar surface area (TPSA) is 34.4 Å². The van der Waals surface area contributed by atoms with E-state index in [0.717, 1.165) is 5.56 Å². The molecule has 0 atom stereocenters. The van der Waals surface area contributed by atoms with Gasteiger partial charge in [-0.05, 0) is 17.7 Å². The van der Waals surface area contributed by atoms with Crippen LogP contribution in [0.1, 0.15) is 0 Å². The number of rotatable bonds is 1. The Hall–Kier alpha value is -2.42. The Morgan fingerprint density at radius 1 is 0.941 bits per heavy atom. The van der Waals surface area contributed by atoms with E-state index in [4.69, 9.17) is 0 Å². The van der Waals surface area contributed by atoms with Crippen molar-refractivity contribution >= 4 is 5.65 Å². The molecule has 0 saturated carbocycles. The lowest BCUT2D eigenvalue weighted by Crippen LogP contribution is -2.16. The van der Waals surface area contributed by atoms with Crippen LogP contribution in [0.3, 0.4) is 0 Å². The average Bonchev–Trinajstić information content (AvgIpc) is 2.40. The zero-order valence-corrected chi connectivity index (χ0v) is 9.08. The first-order chi connectivity index (χ1) is 8.36. The van der Waals surface area contributed by atoms with Crippen LogP contribution in [0.25, 0.3) is 16.8 Å². The third-order valence-corrected chi connectivity index (χ3v) is 2.70. The van der Waals surface area contributed by atoms with Crippen molar-refractivity contribution in [1.29, 1.82) is 0 Å². The molecule has 3 nitrogen and oxygen atoms in total. The second-order valence-corrected chi connectivity index (χ2v) is 3.77. The summed E-state index contributed by atoms with van der Waals surface area (Å²) in [6.45, 7) is 0. The molecule has 3 heteroatoms. The normalized spacial score (nSPS) is 10.6. The molecule has 0 N–H and O–H groups in total. The largest absolute Gasteiger partial charge is 0.268 e. The second-order valence-electron chi connectivity index (χ2n) is 3.77. The van der Waals surface area contributed by atoms with Gasteiger partial charge in [0.15, 0.2) is 0 Å². The standard InChI is InChI=1S/C14H10N2O/c17-14-12(11-6-2-1-3-7-11)10-15-13-8-4-5-9-16(13)14/h1-10H. The fraction of sp³-hybridized carbons (Fsp3) is 0. The van der Waals surface area contributed by atoms with Crippen LogP contribution in [0.15, 0.2) is 65.7 Å². The highest BCUT2D eigenvalue weighted by Crippen LogP contribution is 2.13. The van der Waals surface area contributed by atoms with E-state index in [1.165, 1.54) is 0 Å². The maximum atomic E-state index is 12.3. The third-order valence-electron chi connectivity index (χ3n) is 2.70. The van der Waals surface area contributed by atoms with E-state index in [1.807, 2.05) is 48.5 Å². The molecule has 0 radical (unpaired) electrons. The predicted molar refractivity (Wildman–Crippen MR) is 66.9 cm³/mol. The van der Waals surface area contributed by atoms with Gasteiger partial charge in [0.2, 0.25) is 0 Å². The molecule has 0 bridgehead atoms. The Bertz CT molecular complexity index is 717. The minimum atomic E-state index is -0.0400. The molecule has 0 aliphatic carbocycles. The first kappa shape index (κ1) is 9.78. The zero-order chi connectivity index (χ0) is 11.7. The van der Waals surface area contributed by atoms with Gasteiger partial charge in [0.1, 0.15) is 5.65 Å². The molecule has 2 aromatic heterocycles. The number of benzene rings is 1. The second kappa shape index (κ2) is 3.87. The van der Waals surface area contributed by atoms with Gasteiger partial charge in [-0.3, -0.25) is 9.20 Å². The lowest BCUT2D eigenvalue weighted by molar-refractivity contribution is 1.05. The van der Waals surface area contributed by atoms with Gasteiger partial charge in [-0.2, -0.15) is 0 Å². The van der Waals surface area contributed by atoms with Crippen molar-refractivity contribution in [3.8, 4) is 11.1 Å². The molecule has 0 aliphatic heterocycles. The number of fused-ring (bicyclic) bond motifs is 1. The lowest BCUT2D eigenvalue weighted by Gasteiger charge is -2.03. The van der Waals surface area contributed by atoms with E-state index in [0.29, 0.717) is 11.2 Å². The van der Waals surface area contributed by atoms with Crippen LogP contribution in [0, 0.1) is 0 Å². The van der Waals surface area contributed by atoms with Crippen LogP contribution in [-0.2, 0) is 0 Å². The van der Waals surface area contributed by atoms with Crippen LogP contribution in [0.4, 0.5) is 0 Å². The molecule has 17 heavy (non-hydrogen) atoms. The number of pyridine rings is 1. The Kier molecular flexibility index (Phi) is 2.22. The molecule has 0 amide bonds. The summed E-state index contributed by atoms with van der Waals surface area (Å²) in [4.78, 5) is 16.5. The highest BCUT2D eigenvalue weighted by molar-refractivity contribution is 5.62. The Labute approximate surface area is 98.0 Å². The number of aromatic nitrogens is 2. The minimum Gasteiger partial charge on any atom is -0.268 e. The molecule has 0 saturated heterocycles.